The van der Waals surface area contributed by atoms with Crippen LogP contribution in [0.3, 0.4) is 0 Å². The van der Waals surface area contributed by atoms with Crippen LogP contribution in [0.2, 0.25) is 0 Å². The van der Waals surface area contributed by atoms with E-state index in [1.165, 1.54) is 6.42 Å². The molecule has 84 valence electrons. The Hall–Kier alpha value is -0.530. The van der Waals surface area contributed by atoms with Gasteiger partial charge in [-0.25, -0.2) is 0 Å². The molecule has 14 heavy (non-hydrogen) atoms. The van der Waals surface area contributed by atoms with Crippen LogP contribution in [-0.4, -0.2) is 19.0 Å². The number of ether oxygens (including phenoxy) is 1. The molecule has 0 saturated heterocycles. The van der Waals surface area contributed by atoms with Crippen LogP contribution in [0.15, 0.2) is 4.99 Å². The van der Waals surface area contributed by atoms with Gasteiger partial charge in [0.15, 0.2) is 5.90 Å². The Balaban J connectivity index is 0.000000364. The van der Waals surface area contributed by atoms with Crippen LogP contribution < -0.4 is 0 Å². The zero-order valence-corrected chi connectivity index (χ0v) is 10.3. The maximum absolute atomic E-state index is 5.28. The second kappa shape index (κ2) is 7.84. The first-order chi connectivity index (χ1) is 6.56. The van der Waals surface area contributed by atoms with Crippen LogP contribution in [-0.2, 0) is 4.74 Å². The minimum atomic E-state index is 0.719. The molecule has 0 aliphatic carbocycles. The Bertz CT molecular complexity index is 161. The average molecular weight is 199 g/mol. The monoisotopic (exact) mass is 199 g/mol. The van der Waals surface area contributed by atoms with Gasteiger partial charge in [0.1, 0.15) is 6.61 Å². The van der Waals surface area contributed by atoms with Crippen LogP contribution in [0.5, 0.6) is 0 Å². The highest BCUT2D eigenvalue weighted by Crippen LogP contribution is 2.10. The minimum absolute atomic E-state index is 0.719. The lowest BCUT2D eigenvalue weighted by atomic mass is 10.1. The number of hydrogen-bond acceptors (Lipinski definition) is 2. The van der Waals surface area contributed by atoms with Gasteiger partial charge in [0.2, 0.25) is 0 Å². The van der Waals surface area contributed by atoms with E-state index in [0.717, 1.165) is 37.3 Å². The molecule has 2 heteroatoms. The van der Waals surface area contributed by atoms with Crippen molar-refractivity contribution >= 4 is 5.90 Å². The predicted octanol–water partition coefficient (Wildman–Crippen LogP) is 3.51. The summed E-state index contributed by atoms with van der Waals surface area (Å²) in [7, 11) is 0. The van der Waals surface area contributed by atoms with Crippen molar-refractivity contribution in [1.82, 2.24) is 0 Å². The van der Waals surface area contributed by atoms with Gasteiger partial charge in [-0.3, -0.25) is 4.99 Å². The first-order valence-electron chi connectivity index (χ1n) is 5.72. The Morgan fingerprint density at radius 3 is 2.21 bits per heavy atom. The van der Waals surface area contributed by atoms with E-state index in [0.29, 0.717) is 0 Å². The summed E-state index contributed by atoms with van der Waals surface area (Å²) in [4.78, 5) is 4.22. The van der Waals surface area contributed by atoms with Crippen LogP contribution in [0.4, 0.5) is 0 Å². The summed E-state index contributed by atoms with van der Waals surface area (Å²) in [6.07, 6.45) is 2.24. The minimum Gasteiger partial charge on any atom is -0.479 e. The molecular weight excluding hydrogens is 174 g/mol. The van der Waals surface area contributed by atoms with Crippen molar-refractivity contribution in [2.75, 3.05) is 13.2 Å². The highest BCUT2D eigenvalue weighted by Gasteiger charge is 2.09. The van der Waals surface area contributed by atoms with Gasteiger partial charge in [0.25, 0.3) is 0 Å². The molecule has 1 atom stereocenters. The first-order valence-corrected chi connectivity index (χ1v) is 5.72. The van der Waals surface area contributed by atoms with Crippen molar-refractivity contribution in [3.05, 3.63) is 0 Å². The van der Waals surface area contributed by atoms with Crippen molar-refractivity contribution in [3.8, 4) is 0 Å². The number of hydrogen-bond donors (Lipinski definition) is 0. The molecule has 1 heterocycles. The zero-order chi connectivity index (χ0) is 11.0. The fourth-order valence-corrected chi connectivity index (χ4v) is 0.945. The Kier molecular flexibility index (Phi) is 7.54. The van der Waals surface area contributed by atoms with Crippen molar-refractivity contribution in [2.24, 2.45) is 16.8 Å². The molecule has 2 nitrogen and oxygen atoms in total. The van der Waals surface area contributed by atoms with Crippen molar-refractivity contribution < 1.29 is 4.74 Å². The molecule has 0 amide bonds. The zero-order valence-electron chi connectivity index (χ0n) is 10.3. The average Bonchev–Trinajstić information content (AvgIpc) is 2.55. The van der Waals surface area contributed by atoms with E-state index in [4.69, 9.17) is 4.74 Å². The third kappa shape index (κ3) is 8.09. The van der Waals surface area contributed by atoms with Gasteiger partial charge in [-0.05, 0) is 11.8 Å². The van der Waals surface area contributed by atoms with Gasteiger partial charge in [0.05, 0.1) is 6.54 Å². The molecule has 0 bridgehead atoms. The third-order valence-electron chi connectivity index (χ3n) is 1.87. The Labute approximate surface area is 88.8 Å². The van der Waals surface area contributed by atoms with E-state index in [1.54, 1.807) is 0 Å². The highest BCUT2D eigenvalue weighted by molar-refractivity contribution is 5.77. The molecule has 1 rings (SSSR count). The van der Waals surface area contributed by atoms with Gasteiger partial charge >= 0.3 is 0 Å². The molecule has 0 aromatic heterocycles. The van der Waals surface area contributed by atoms with E-state index < -0.39 is 0 Å². The maximum Gasteiger partial charge on any atom is 0.183 e. The normalized spacial score (nSPS) is 16.9. The summed E-state index contributed by atoms with van der Waals surface area (Å²) in [5.74, 6) is 2.52. The van der Waals surface area contributed by atoms with Gasteiger partial charge in [-0.15, -0.1) is 0 Å². The summed E-state index contributed by atoms with van der Waals surface area (Å²) in [5, 5.41) is 0. The summed E-state index contributed by atoms with van der Waals surface area (Å²) in [5.41, 5.74) is 0. The fraction of sp³-hybridized carbons (Fsp3) is 0.917. The standard InChI is InChI=1S/C8H15NO.C4H10/c1-3-7(2)6-8-9-4-5-10-8;1-4(2)3/h7H,3-6H2,1-2H3;4H,1-3H3/t7-;/m0./s1. The molecular formula is C12H25NO. The van der Waals surface area contributed by atoms with E-state index in [2.05, 4.69) is 39.6 Å². The molecule has 0 unspecified atom stereocenters. The summed E-state index contributed by atoms with van der Waals surface area (Å²) in [6.45, 7) is 12.6. The second-order valence-corrected chi connectivity index (χ2v) is 4.57. The molecule has 0 spiro atoms. The van der Waals surface area contributed by atoms with Crippen LogP contribution in [0, 0.1) is 11.8 Å². The Morgan fingerprint density at radius 2 is 1.86 bits per heavy atom. The lowest BCUT2D eigenvalue weighted by Crippen LogP contribution is -2.04. The number of aliphatic imine (C=N–C) groups is 1. The smallest absolute Gasteiger partial charge is 0.183 e. The Morgan fingerprint density at radius 1 is 1.29 bits per heavy atom. The SMILES string of the molecule is CC(C)C.CC[C@H](C)CC1=NCCO1. The van der Waals surface area contributed by atoms with E-state index in [1.807, 2.05) is 0 Å². The largest absolute Gasteiger partial charge is 0.479 e. The van der Waals surface area contributed by atoms with Crippen molar-refractivity contribution in [3.63, 3.8) is 0 Å². The molecule has 0 radical (unpaired) electrons. The second-order valence-electron chi connectivity index (χ2n) is 4.57. The molecule has 0 aromatic rings. The van der Waals surface area contributed by atoms with Gasteiger partial charge in [-0.2, -0.15) is 0 Å². The first kappa shape index (κ1) is 13.5. The summed E-state index contributed by atoms with van der Waals surface area (Å²) < 4.78 is 5.28. The molecule has 0 fully saturated rings. The van der Waals surface area contributed by atoms with Crippen molar-refractivity contribution in [1.29, 1.82) is 0 Å². The third-order valence-corrected chi connectivity index (χ3v) is 1.87. The quantitative estimate of drug-likeness (QED) is 0.681. The number of nitrogens with zero attached hydrogens (tertiary/aromatic N) is 1. The molecule has 1 aliphatic heterocycles. The molecule has 0 saturated carbocycles. The van der Waals surface area contributed by atoms with Crippen LogP contribution in [0.25, 0.3) is 0 Å². The van der Waals surface area contributed by atoms with E-state index in [-0.39, 0.29) is 0 Å². The van der Waals surface area contributed by atoms with Crippen molar-refractivity contribution in [2.45, 2.75) is 47.5 Å². The topological polar surface area (TPSA) is 21.6 Å². The predicted molar refractivity (Wildman–Crippen MR) is 62.8 cm³/mol. The van der Waals surface area contributed by atoms with Gasteiger partial charge in [-0.1, -0.05) is 41.0 Å². The lowest BCUT2D eigenvalue weighted by molar-refractivity contribution is 0.329. The van der Waals surface area contributed by atoms with Gasteiger partial charge in [0, 0.05) is 6.42 Å². The lowest BCUT2D eigenvalue weighted by Gasteiger charge is -2.06. The van der Waals surface area contributed by atoms with Crippen LogP contribution >= 0.6 is 0 Å². The molecule has 1 aliphatic rings. The van der Waals surface area contributed by atoms with Gasteiger partial charge < -0.3 is 4.74 Å². The fourth-order valence-electron chi connectivity index (χ4n) is 0.945. The van der Waals surface area contributed by atoms with E-state index >= 15 is 0 Å². The molecule has 0 N–H and O–H groups in total. The van der Waals surface area contributed by atoms with E-state index in [9.17, 15) is 0 Å². The summed E-state index contributed by atoms with van der Waals surface area (Å²) in [6, 6.07) is 0. The summed E-state index contributed by atoms with van der Waals surface area (Å²) >= 11 is 0. The maximum atomic E-state index is 5.28. The van der Waals surface area contributed by atoms with Crippen LogP contribution in [0.1, 0.15) is 47.5 Å². The molecule has 0 aromatic carbocycles. The number of rotatable bonds is 3. The highest BCUT2D eigenvalue weighted by atomic mass is 16.5.